The van der Waals surface area contributed by atoms with Gasteiger partial charge in [0.15, 0.2) is 5.78 Å². The molecule has 0 fully saturated rings. The Bertz CT molecular complexity index is 1160. The first-order chi connectivity index (χ1) is 15.2. The molecule has 0 saturated carbocycles. The van der Waals surface area contributed by atoms with E-state index in [-0.39, 0.29) is 17.1 Å². The summed E-state index contributed by atoms with van der Waals surface area (Å²) in [5, 5.41) is 6.31. The third-order valence-corrected chi connectivity index (χ3v) is 6.09. The van der Waals surface area contributed by atoms with Crippen molar-refractivity contribution in [1.82, 2.24) is 10.3 Å². The van der Waals surface area contributed by atoms with Crippen molar-refractivity contribution < 1.29 is 14.3 Å². The number of benzene rings is 1. The second kappa shape index (κ2) is 8.26. The van der Waals surface area contributed by atoms with Crippen LogP contribution in [0.4, 0.5) is 5.82 Å². The van der Waals surface area contributed by atoms with Gasteiger partial charge in [0.2, 0.25) is 0 Å². The monoisotopic (exact) mass is 431 g/mol. The molecule has 2 aliphatic rings. The summed E-state index contributed by atoms with van der Waals surface area (Å²) in [6.07, 6.45) is 2.84. The Balaban J connectivity index is 1.84. The molecule has 6 heteroatoms. The number of ketones is 1. The predicted molar refractivity (Wildman–Crippen MR) is 124 cm³/mol. The Morgan fingerprint density at radius 3 is 2.66 bits per heavy atom. The van der Waals surface area contributed by atoms with E-state index in [1.807, 2.05) is 50.2 Å². The van der Waals surface area contributed by atoms with E-state index in [0.29, 0.717) is 29.1 Å². The van der Waals surface area contributed by atoms with Crippen LogP contribution in [0.25, 0.3) is 0 Å². The summed E-state index contributed by atoms with van der Waals surface area (Å²) >= 11 is 0. The molecular weight excluding hydrogens is 402 g/mol. The lowest BCUT2D eigenvalue weighted by Crippen LogP contribution is -2.39. The number of carbonyl (C=O) groups is 2. The fourth-order valence-electron chi connectivity index (χ4n) is 4.74. The van der Waals surface area contributed by atoms with Gasteiger partial charge in [-0.25, -0.2) is 4.98 Å². The summed E-state index contributed by atoms with van der Waals surface area (Å²) in [5.74, 6) is 0.385. The van der Waals surface area contributed by atoms with Gasteiger partial charge in [-0.2, -0.15) is 0 Å². The second-order valence-electron chi connectivity index (χ2n) is 9.34. The fraction of sp³-hybridized carbons (Fsp3) is 0.346. The second-order valence-corrected chi connectivity index (χ2v) is 9.34. The summed E-state index contributed by atoms with van der Waals surface area (Å²) in [6, 6.07) is 11.3. The number of rotatable bonds is 4. The number of ether oxygens (including phenoxy) is 1. The molecule has 1 atom stereocenters. The first-order valence-corrected chi connectivity index (χ1v) is 10.8. The van der Waals surface area contributed by atoms with Crippen molar-refractivity contribution >= 4 is 17.5 Å². The van der Waals surface area contributed by atoms with Gasteiger partial charge in [0.25, 0.3) is 5.91 Å². The van der Waals surface area contributed by atoms with Crippen LogP contribution in [0.5, 0.6) is 5.75 Å². The number of pyridine rings is 1. The van der Waals surface area contributed by atoms with Crippen LogP contribution in [0.1, 0.15) is 50.7 Å². The summed E-state index contributed by atoms with van der Waals surface area (Å²) in [6.45, 7) is 8.02. The molecule has 0 radical (unpaired) electrons. The zero-order valence-corrected chi connectivity index (χ0v) is 19.2. The number of carbonyl (C=O) groups excluding carboxylic acids is 2. The first kappa shape index (κ1) is 21.8. The van der Waals surface area contributed by atoms with E-state index in [9.17, 15) is 9.59 Å². The van der Waals surface area contributed by atoms with Gasteiger partial charge in [0.1, 0.15) is 11.6 Å². The molecule has 2 N–H and O–H groups in total. The van der Waals surface area contributed by atoms with Gasteiger partial charge in [0, 0.05) is 40.7 Å². The van der Waals surface area contributed by atoms with E-state index >= 15 is 0 Å². The van der Waals surface area contributed by atoms with Crippen molar-refractivity contribution in [3.63, 3.8) is 0 Å². The SMILES string of the molecule is COc1ccccc1[C@@H]1C(C(=O)Nc2cc(C)ccn2)=C(C)NC2=C1C(=O)CC(C)(C)C2. The molecule has 2 aromatic rings. The third-order valence-electron chi connectivity index (χ3n) is 6.09. The molecule has 2 heterocycles. The molecular formula is C26H29N3O3. The number of allylic oxidation sites excluding steroid dienone is 3. The Morgan fingerprint density at radius 1 is 1.19 bits per heavy atom. The molecule has 6 nitrogen and oxygen atoms in total. The highest BCUT2D eigenvalue weighted by Crippen LogP contribution is 2.48. The minimum atomic E-state index is -0.518. The first-order valence-electron chi connectivity index (χ1n) is 10.8. The predicted octanol–water partition coefficient (Wildman–Crippen LogP) is 4.64. The Kier molecular flexibility index (Phi) is 5.63. The molecule has 0 unspecified atom stereocenters. The van der Waals surface area contributed by atoms with Crippen LogP contribution in [0, 0.1) is 12.3 Å². The van der Waals surface area contributed by atoms with E-state index < -0.39 is 5.92 Å². The van der Waals surface area contributed by atoms with Gasteiger partial charge in [-0.05, 0) is 49.4 Å². The van der Waals surface area contributed by atoms with Crippen LogP contribution in [0.3, 0.4) is 0 Å². The molecule has 0 saturated heterocycles. The van der Waals surface area contributed by atoms with Gasteiger partial charge in [0.05, 0.1) is 13.0 Å². The van der Waals surface area contributed by atoms with Crippen molar-refractivity contribution in [2.24, 2.45) is 5.41 Å². The average Bonchev–Trinajstić information content (AvgIpc) is 2.71. The lowest BCUT2D eigenvalue weighted by atomic mass is 9.68. The lowest BCUT2D eigenvalue weighted by Gasteiger charge is -2.39. The van der Waals surface area contributed by atoms with Crippen LogP contribution in [-0.2, 0) is 9.59 Å². The highest BCUT2D eigenvalue weighted by atomic mass is 16.5. The Labute approximate surface area is 188 Å². The minimum Gasteiger partial charge on any atom is -0.496 e. The van der Waals surface area contributed by atoms with Gasteiger partial charge in [-0.15, -0.1) is 0 Å². The number of dihydropyridines is 1. The van der Waals surface area contributed by atoms with Gasteiger partial charge in [-0.1, -0.05) is 32.0 Å². The van der Waals surface area contributed by atoms with Crippen molar-refractivity contribution in [2.45, 2.75) is 46.5 Å². The molecule has 1 aliphatic carbocycles. The molecule has 4 rings (SSSR count). The summed E-state index contributed by atoms with van der Waals surface area (Å²) < 4.78 is 5.63. The van der Waals surface area contributed by atoms with E-state index in [1.165, 1.54) is 0 Å². The standard InChI is InChI=1S/C26H29N3O3/c1-15-10-11-27-21(12-15)29-25(31)22-16(2)28-18-13-26(3,4)14-19(30)24(18)23(22)17-8-6-7-9-20(17)32-5/h6-12,23,28H,13-14H2,1-5H3,(H,27,29,31)/t23-/m1/s1. The number of methoxy groups -OCH3 is 1. The van der Waals surface area contributed by atoms with E-state index in [0.717, 1.165) is 28.9 Å². The number of para-hydroxylation sites is 1. The number of hydrogen-bond donors (Lipinski definition) is 2. The van der Waals surface area contributed by atoms with Crippen LogP contribution >= 0.6 is 0 Å². The van der Waals surface area contributed by atoms with E-state index in [2.05, 4.69) is 29.5 Å². The molecule has 1 aromatic heterocycles. The lowest BCUT2D eigenvalue weighted by molar-refractivity contribution is -0.118. The highest BCUT2D eigenvalue weighted by molar-refractivity contribution is 6.09. The minimum absolute atomic E-state index is 0.0612. The molecule has 1 aliphatic heterocycles. The number of aryl methyl sites for hydroxylation is 1. The highest BCUT2D eigenvalue weighted by Gasteiger charge is 2.43. The number of anilines is 1. The smallest absolute Gasteiger partial charge is 0.255 e. The van der Waals surface area contributed by atoms with Crippen LogP contribution in [0.15, 0.2) is 65.1 Å². The quantitative estimate of drug-likeness (QED) is 0.737. The van der Waals surface area contributed by atoms with E-state index in [1.54, 1.807) is 13.3 Å². The Morgan fingerprint density at radius 2 is 1.94 bits per heavy atom. The summed E-state index contributed by atoms with van der Waals surface area (Å²) in [7, 11) is 1.61. The summed E-state index contributed by atoms with van der Waals surface area (Å²) in [4.78, 5) is 31.2. The molecule has 0 bridgehead atoms. The maximum absolute atomic E-state index is 13.6. The normalized spacial score (nSPS) is 19.9. The van der Waals surface area contributed by atoms with E-state index in [4.69, 9.17) is 4.74 Å². The number of hydrogen-bond acceptors (Lipinski definition) is 5. The topological polar surface area (TPSA) is 80.3 Å². The number of amides is 1. The summed E-state index contributed by atoms with van der Waals surface area (Å²) in [5.41, 5.74) is 4.45. The number of aromatic nitrogens is 1. The molecule has 0 spiro atoms. The molecule has 1 amide bonds. The fourth-order valence-corrected chi connectivity index (χ4v) is 4.74. The molecule has 1 aromatic carbocycles. The van der Waals surface area contributed by atoms with Crippen molar-refractivity contribution in [3.8, 4) is 5.75 Å². The number of nitrogens with zero attached hydrogens (tertiary/aromatic N) is 1. The molecule has 32 heavy (non-hydrogen) atoms. The molecule has 166 valence electrons. The maximum Gasteiger partial charge on any atom is 0.255 e. The average molecular weight is 432 g/mol. The van der Waals surface area contributed by atoms with Crippen LogP contribution < -0.4 is 15.4 Å². The number of nitrogens with one attached hydrogen (secondary N) is 2. The number of Topliss-reactive ketones (excluding diaryl/α,β-unsaturated/α-hetero) is 1. The van der Waals surface area contributed by atoms with Crippen molar-refractivity contribution in [2.75, 3.05) is 12.4 Å². The largest absolute Gasteiger partial charge is 0.496 e. The third kappa shape index (κ3) is 4.05. The van der Waals surface area contributed by atoms with Gasteiger partial charge >= 0.3 is 0 Å². The maximum atomic E-state index is 13.6. The van der Waals surface area contributed by atoms with Crippen LogP contribution in [0.2, 0.25) is 0 Å². The zero-order chi connectivity index (χ0) is 23.0. The Hall–Kier alpha value is -3.41. The van der Waals surface area contributed by atoms with Crippen molar-refractivity contribution in [1.29, 1.82) is 0 Å². The van der Waals surface area contributed by atoms with Gasteiger partial charge < -0.3 is 15.4 Å². The van der Waals surface area contributed by atoms with Gasteiger partial charge in [-0.3, -0.25) is 9.59 Å². The van der Waals surface area contributed by atoms with Crippen LogP contribution in [-0.4, -0.2) is 23.8 Å². The zero-order valence-electron chi connectivity index (χ0n) is 19.2. The van der Waals surface area contributed by atoms with Crippen molar-refractivity contribution in [3.05, 3.63) is 76.3 Å².